The number of alkyl carbamates (subject to hydrolysis) is 1. The molecule has 2 aromatic rings. The summed E-state index contributed by atoms with van der Waals surface area (Å²) in [6.07, 6.45) is 1.86. The van der Waals surface area contributed by atoms with Gasteiger partial charge in [0.15, 0.2) is 0 Å². The predicted octanol–water partition coefficient (Wildman–Crippen LogP) is 5.32. The standard InChI is InChI=1S/C23H31N3O3S/c1-16-10-12-17(13-11-16)24-18-8-6-7-9-19(18)25-21(27)20(14-15-30-5)26-22(28)29-23(2,3)4/h6-13,20,24H,14-15H2,1-5H3,(H,25,27)(H,26,28). The van der Waals surface area contributed by atoms with Gasteiger partial charge in [-0.1, -0.05) is 29.8 Å². The second kappa shape index (κ2) is 10.9. The third-order valence-electron chi connectivity index (χ3n) is 4.13. The van der Waals surface area contributed by atoms with E-state index in [-0.39, 0.29) is 5.91 Å². The highest BCUT2D eigenvalue weighted by molar-refractivity contribution is 7.98. The maximum atomic E-state index is 13.0. The zero-order valence-electron chi connectivity index (χ0n) is 18.2. The number of carbonyl (C=O) groups excluding carboxylic acids is 2. The van der Waals surface area contributed by atoms with Crippen LogP contribution in [0.25, 0.3) is 0 Å². The monoisotopic (exact) mass is 429 g/mol. The summed E-state index contributed by atoms with van der Waals surface area (Å²) in [6, 6.07) is 14.8. The van der Waals surface area contributed by atoms with Crippen molar-refractivity contribution in [2.24, 2.45) is 0 Å². The molecule has 0 aliphatic rings. The molecule has 6 nitrogen and oxygen atoms in total. The Labute approximate surface area is 183 Å². The van der Waals surface area contributed by atoms with E-state index < -0.39 is 17.7 Å². The number of ether oxygens (including phenoxy) is 1. The fourth-order valence-corrected chi connectivity index (χ4v) is 3.14. The lowest BCUT2D eigenvalue weighted by Crippen LogP contribution is -2.46. The van der Waals surface area contributed by atoms with Crippen LogP contribution in [0.15, 0.2) is 48.5 Å². The molecular weight excluding hydrogens is 398 g/mol. The van der Waals surface area contributed by atoms with Crippen molar-refractivity contribution < 1.29 is 14.3 Å². The molecule has 2 aromatic carbocycles. The minimum absolute atomic E-state index is 0.284. The summed E-state index contributed by atoms with van der Waals surface area (Å²) in [7, 11) is 0. The largest absolute Gasteiger partial charge is 0.444 e. The summed E-state index contributed by atoms with van der Waals surface area (Å²) in [5, 5.41) is 8.96. The van der Waals surface area contributed by atoms with E-state index in [0.717, 1.165) is 17.1 Å². The summed E-state index contributed by atoms with van der Waals surface area (Å²) < 4.78 is 5.31. The highest BCUT2D eigenvalue weighted by Gasteiger charge is 2.24. The number of hydrogen-bond donors (Lipinski definition) is 3. The first kappa shape index (κ1) is 23.6. The zero-order chi connectivity index (χ0) is 22.1. The van der Waals surface area contributed by atoms with E-state index in [1.807, 2.05) is 61.7 Å². The van der Waals surface area contributed by atoms with Gasteiger partial charge in [-0.05, 0) is 70.4 Å². The van der Waals surface area contributed by atoms with Gasteiger partial charge in [0.25, 0.3) is 0 Å². The maximum Gasteiger partial charge on any atom is 0.408 e. The summed E-state index contributed by atoms with van der Waals surface area (Å²) >= 11 is 1.62. The Morgan fingerprint density at radius 3 is 2.27 bits per heavy atom. The molecule has 0 saturated heterocycles. The van der Waals surface area contributed by atoms with Crippen LogP contribution in [0.4, 0.5) is 21.9 Å². The fraction of sp³-hybridized carbons (Fsp3) is 0.391. The number of carbonyl (C=O) groups is 2. The molecule has 3 N–H and O–H groups in total. The number of aryl methyl sites for hydroxylation is 1. The first-order chi connectivity index (χ1) is 14.2. The summed E-state index contributed by atoms with van der Waals surface area (Å²) in [4.78, 5) is 25.1. The predicted molar refractivity (Wildman–Crippen MR) is 126 cm³/mol. The zero-order valence-corrected chi connectivity index (χ0v) is 19.1. The number of anilines is 3. The number of benzene rings is 2. The van der Waals surface area contributed by atoms with Crippen LogP contribution in [-0.2, 0) is 9.53 Å². The number of nitrogens with one attached hydrogen (secondary N) is 3. The van der Waals surface area contributed by atoms with E-state index in [9.17, 15) is 9.59 Å². The Morgan fingerprint density at radius 1 is 1.03 bits per heavy atom. The minimum Gasteiger partial charge on any atom is -0.444 e. The van der Waals surface area contributed by atoms with Crippen molar-refractivity contribution in [2.75, 3.05) is 22.6 Å². The Bertz CT molecular complexity index is 848. The van der Waals surface area contributed by atoms with Crippen LogP contribution < -0.4 is 16.0 Å². The fourth-order valence-electron chi connectivity index (χ4n) is 2.67. The van der Waals surface area contributed by atoms with Crippen molar-refractivity contribution in [3.05, 3.63) is 54.1 Å². The maximum absolute atomic E-state index is 13.0. The van der Waals surface area contributed by atoms with E-state index in [4.69, 9.17) is 4.74 Å². The van der Waals surface area contributed by atoms with Gasteiger partial charge in [0.1, 0.15) is 11.6 Å². The molecule has 0 radical (unpaired) electrons. The summed E-state index contributed by atoms with van der Waals surface area (Å²) in [5.74, 6) is 0.449. The molecule has 2 rings (SSSR count). The van der Waals surface area contributed by atoms with Gasteiger partial charge in [0, 0.05) is 5.69 Å². The van der Waals surface area contributed by atoms with Gasteiger partial charge in [-0.15, -0.1) is 0 Å². The van der Waals surface area contributed by atoms with Crippen LogP contribution in [0.1, 0.15) is 32.8 Å². The van der Waals surface area contributed by atoms with Gasteiger partial charge in [-0.3, -0.25) is 4.79 Å². The lowest BCUT2D eigenvalue weighted by molar-refractivity contribution is -0.118. The Kier molecular flexibility index (Phi) is 8.59. The molecule has 30 heavy (non-hydrogen) atoms. The second-order valence-corrected chi connectivity index (χ2v) is 8.99. The van der Waals surface area contributed by atoms with E-state index in [1.54, 1.807) is 32.5 Å². The molecule has 0 fully saturated rings. The van der Waals surface area contributed by atoms with Crippen LogP contribution in [0.3, 0.4) is 0 Å². The summed E-state index contributed by atoms with van der Waals surface area (Å²) in [5.41, 5.74) is 2.88. The van der Waals surface area contributed by atoms with Crippen molar-refractivity contribution in [3.63, 3.8) is 0 Å². The quantitative estimate of drug-likeness (QED) is 0.529. The Hall–Kier alpha value is -2.67. The molecule has 1 unspecified atom stereocenters. The average Bonchev–Trinajstić information content (AvgIpc) is 2.67. The first-order valence-corrected chi connectivity index (χ1v) is 11.3. The van der Waals surface area contributed by atoms with Gasteiger partial charge in [-0.2, -0.15) is 11.8 Å². The highest BCUT2D eigenvalue weighted by atomic mass is 32.2. The average molecular weight is 430 g/mol. The van der Waals surface area contributed by atoms with Crippen LogP contribution in [0.2, 0.25) is 0 Å². The molecule has 0 bridgehead atoms. The molecule has 0 spiro atoms. The molecule has 1 atom stereocenters. The van der Waals surface area contributed by atoms with E-state index in [0.29, 0.717) is 12.1 Å². The molecule has 0 aliphatic heterocycles. The number of amides is 2. The van der Waals surface area contributed by atoms with Crippen LogP contribution in [-0.4, -0.2) is 35.7 Å². The van der Waals surface area contributed by atoms with Crippen molar-refractivity contribution in [1.29, 1.82) is 0 Å². The van der Waals surface area contributed by atoms with Crippen molar-refractivity contribution in [1.82, 2.24) is 5.32 Å². The van der Waals surface area contributed by atoms with Crippen molar-refractivity contribution in [2.45, 2.75) is 45.8 Å². The molecule has 0 aromatic heterocycles. The molecule has 0 saturated carbocycles. The smallest absolute Gasteiger partial charge is 0.408 e. The summed E-state index contributed by atoms with van der Waals surface area (Å²) in [6.45, 7) is 7.40. The lowest BCUT2D eigenvalue weighted by Gasteiger charge is -2.23. The van der Waals surface area contributed by atoms with E-state index in [1.165, 1.54) is 5.56 Å². The van der Waals surface area contributed by atoms with Crippen LogP contribution in [0.5, 0.6) is 0 Å². The highest BCUT2D eigenvalue weighted by Crippen LogP contribution is 2.25. The van der Waals surface area contributed by atoms with Crippen molar-refractivity contribution >= 4 is 40.8 Å². The van der Waals surface area contributed by atoms with Gasteiger partial charge in [0.2, 0.25) is 5.91 Å². The normalized spacial score (nSPS) is 12.0. The van der Waals surface area contributed by atoms with Gasteiger partial charge < -0.3 is 20.7 Å². The SMILES string of the molecule is CSCCC(NC(=O)OC(C)(C)C)C(=O)Nc1ccccc1Nc1ccc(C)cc1. The Morgan fingerprint density at radius 2 is 1.67 bits per heavy atom. The van der Waals surface area contributed by atoms with E-state index in [2.05, 4.69) is 16.0 Å². The third kappa shape index (κ3) is 7.99. The van der Waals surface area contributed by atoms with Crippen LogP contribution >= 0.6 is 11.8 Å². The molecule has 7 heteroatoms. The number of hydrogen-bond acceptors (Lipinski definition) is 5. The van der Waals surface area contributed by atoms with Gasteiger partial charge in [0.05, 0.1) is 11.4 Å². The number of rotatable bonds is 8. The van der Waals surface area contributed by atoms with E-state index >= 15 is 0 Å². The number of thioether (sulfide) groups is 1. The first-order valence-electron chi connectivity index (χ1n) is 9.90. The lowest BCUT2D eigenvalue weighted by atomic mass is 10.1. The van der Waals surface area contributed by atoms with Crippen molar-refractivity contribution in [3.8, 4) is 0 Å². The number of para-hydroxylation sites is 2. The topological polar surface area (TPSA) is 79.5 Å². The second-order valence-electron chi connectivity index (χ2n) is 8.01. The molecule has 162 valence electrons. The molecular formula is C23H31N3O3S. The van der Waals surface area contributed by atoms with Gasteiger partial charge in [-0.25, -0.2) is 4.79 Å². The molecule has 0 heterocycles. The Balaban J connectivity index is 2.12. The van der Waals surface area contributed by atoms with Gasteiger partial charge >= 0.3 is 6.09 Å². The third-order valence-corrected chi connectivity index (χ3v) is 4.78. The molecule has 2 amide bonds. The molecule has 0 aliphatic carbocycles. The van der Waals surface area contributed by atoms with Crippen LogP contribution in [0, 0.1) is 6.92 Å². The minimum atomic E-state index is -0.695.